The zero-order valence-electron chi connectivity index (χ0n) is 6.63. The number of hydrogen-bond acceptors (Lipinski definition) is 2. The van der Waals surface area contributed by atoms with Gasteiger partial charge in [-0.1, -0.05) is 29.8 Å². The molecule has 0 amide bonds. The minimum absolute atomic E-state index is 0.123. The van der Waals surface area contributed by atoms with Gasteiger partial charge in [0.2, 0.25) is 0 Å². The largest absolute Gasteiger partial charge is 0.506 e. The Morgan fingerprint density at radius 3 is 2.27 bits per heavy atom. The van der Waals surface area contributed by atoms with Crippen molar-refractivity contribution < 1.29 is 5.11 Å². The first-order valence-electron chi connectivity index (χ1n) is 3.44. The van der Waals surface area contributed by atoms with Gasteiger partial charge in [-0.15, -0.1) is 0 Å². The van der Waals surface area contributed by atoms with Gasteiger partial charge in [0.25, 0.3) is 0 Å². The molecule has 1 rings (SSSR count). The highest BCUT2D eigenvalue weighted by Crippen LogP contribution is 2.22. The number of anilines is 1. The second kappa shape index (κ2) is 5.02. The summed E-state index contributed by atoms with van der Waals surface area (Å²) in [5.41, 5.74) is 5.73. The van der Waals surface area contributed by atoms with Crippen molar-refractivity contribution in [2.24, 2.45) is 0 Å². The van der Waals surface area contributed by atoms with E-state index in [0.29, 0.717) is 5.69 Å². The lowest BCUT2D eigenvalue weighted by molar-refractivity contribution is 0.478. The van der Waals surface area contributed by atoms with Crippen LogP contribution in [-0.4, -0.2) is 5.11 Å². The molecule has 0 aliphatic rings. The highest BCUT2D eigenvalue weighted by molar-refractivity contribution is 9.10. The van der Waals surface area contributed by atoms with Crippen LogP contribution in [0.1, 0.15) is 13.8 Å². The van der Waals surface area contributed by atoms with Gasteiger partial charge in [-0.3, -0.25) is 0 Å². The van der Waals surface area contributed by atoms with Crippen molar-refractivity contribution in [1.82, 2.24) is 0 Å². The Morgan fingerprint density at radius 1 is 1.36 bits per heavy atom. The van der Waals surface area contributed by atoms with Gasteiger partial charge in [0.05, 0.1) is 5.69 Å². The fraction of sp³-hybridized carbons (Fsp3) is 0.250. The number of nitrogen functional groups attached to an aromatic ring is 1. The van der Waals surface area contributed by atoms with E-state index in [1.807, 2.05) is 13.8 Å². The van der Waals surface area contributed by atoms with Crippen molar-refractivity contribution in [3.05, 3.63) is 22.7 Å². The number of hydrogen-bond donors (Lipinski definition) is 2. The molecule has 0 unspecified atom stereocenters. The smallest absolute Gasteiger partial charge is 0.138 e. The van der Waals surface area contributed by atoms with E-state index in [1.54, 1.807) is 18.2 Å². The molecule has 0 aliphatic heterocycles. The molecule has 62 valence electrons. The van der Waals surface area contributed by atoms with Crippen molar-refractivity contribution in [3.63, 3.8) is 0 Å². The van der Waals surface area contributed by atoms with Gasteiger partial charge in [0.15, 0.2) is 0 Å². The van der Waals surface area contributed by atoms with Gasteiger partial charge in [0.1, 0.15) is 5.75 Å². The maximum Gasteiger partial charge on any atom is 0.138 e. The summed E-state index contributed by atoms with van der Waals surface area (Å²) >= 11 is 3.21. The average molecular weight is 218 g/mol. The van der Waals surface area contributed by atoms with E-state index in [9.17, 15) is 0 Å². The van der Waals surface area contributed by atoms with Crippen LogP contribution in [-0.2, 0) is 0 Å². The summed E-state index contributed by atoms with van der Waals surface area (Å²) in [4.78, 5) is 0. The predicted octanol–water partition coefficient (Wildman–Crippen LogP) is 2.76. The number of rotatable bonds is 0. The monoisotopic (exact) mass is 217 g/mol. The Balaban J connectivity index is 0.000000461. The molecular formula is C8H12BrNO. The maximum absolute atomic E-state index is 8.90. The van der Waals surface area contributed by atoms with E-state index in [2.05, 4.69) is 15.9 Å². The molecule has 0 heterocycles. The van der Waals surface area contributed by atoms with Crippen LogP contribution in [0.5, 0.6) is 5.75 Å². The van der Waals surface area contributed by atoms with Crippen LogP contribution in [0.25, 0.3) is 0 Å². The van der Waals surface area contributed by atoms with Crippen molar-refractivity contribution in [2.75, 3.05) is 5.73 Å². The molecule has 0 fully saturated rings. The maximum atomic E-state index is 8.90. The highest BCUT2D eigenvalue weighted by atomic mass is 79.9. The fourth-order valence-corrected chi connectivity index (χ4v) is 0.904. The first kappa shape index (κ1) is 10.3. The number of benzene rings is 1. The molecule has 2 nitrogen and oxygen atoms in total. The number of aromatic hydroxyl groups is 1. The lowest BCUT2D eigenvalue weighted by Gasteiger charge is -1.96. The third-order valence-corrected chi connectivity index (χ3v) is 1.48. The molecule has 0 saturated carbocycles. The van der Waals surface area contributed by atoms with Crippen LogP contribution in [0.2, 0.25) is 0 Å². The minimum atomic E-state index is 0.123. The van der Waals surface area contributed by atoms with Gasteiger partial charge >= 0.3 is 0 Å². The molecule has 0 atom stereocenters. The molecule has 0 radical (unpaired) electrons. The number of phenols is 1. The lowest BCUT2D eigenvalue weighted by Crippen LogP contribution is -1.83. The third-order valence-electron chi connectivity index (χ3n) is 0.990. The van der Waals surface area contributed by atoms with Gasteiger partial charge in [-0.2, -0.15) is 0 Å². The second-order valence-corrected chi connectivity index (χ2v) is 2.62. The van der Waals surface area contributed by atoms with Gasteiger partial charge in [-0.25, -0.2) is 0 Å². The SMILES string of the molecule is CC.Nc1cc(Br)ccc1O. The Hall–Kier alpha value is -0.700. The first-order chi connectivity index (χ1) is 5.20. The Kier molecular flexibility index (Phi) is 4.70. The highest BCUT2D eigenvalue weighted by Gasteiger charge is 1.93. The predicted molar refractivity (Wildman–Crippen MR) is 51.6 cm³/mol. The summed E-state index contributed by atoms with van der Waals surface area (Å²) in [5.74, 6) is 0.123. The van der Waals surface area contributed by atoms with E-state index in [4.69, 9.17) is 10.8 Å². The van der Waals surface area contributed by atoms with E-state index in [1.165, 1.54) is 0 Å². The molecule has 1 aromatic rings. The minimum Gasteiger partial charge on any atom is -0.506 e. The second-order valence-electron chi connectivity index (χ2n) is 1.70. The Bertz CT molecular complexity index is 225. The summed E-state index contributed by atoms with van der Waals surface area (Å²) in [5, 5.41) is 8.90. The van der Waals surface area contributed by atoms with Crippen molar-refractivity contribution in [1.29, 1.82) is 0 Å². The van der Waals surface area contributed by atoms with Crippen LogP contribution < -0.4 is 5.73 Å². The van der Waals surface area contributed by atoms with Crippen LogP contribution in [0.3, 0.4) is 0 Å². The molecule has 3 N–H and O–H groups in total. The molecule has 0 aliphatic carbocycles. The van der Waals surface area contributed by atoms with Gasteiger partial charge < -0.3 is 10.8 Å². The van der Waals surface area contributed by atoms with Gasteiger partial charge in [-0.05, 0) is 18.2 Å². The van der Waals surface area contributed by atoms with E-state index in [0.717, 1.165) is 4.47 Å². The molecule has 3 heteroatoms. The molecule has 11 heavy (non-hydrogen) atoms. The lowest BCUT2D eigenvalue weighted by atomic mass is 10.3. The van der Waals surface area contributed by atoms with E-state index >= 15 is 0 Å². The number of nitrogens with two attached hydrogens (primary N) is 1. The van der Waals surface area contributed by atoms with Crippen LogP contribution in [0.15, 0.2) is 22.7 Å². The summed E-state index contributed by atoms with van der Waals surface area (Å²) in [6, 6.07) is 4.92. The molecule has 1 aromatic carbocycles. The van der Waals surface area contributed by atoms with Crippen molar-refractivity contribution in [2.45, 2.75) is 13.8 Å². The number of halogens is 1. The van der Waals surface area contributed by atoms with E-state index < -0.39 is 0 Å². The summed E-state index contributed by atoms with van der Waals surface area (Å²) in [6.45, 7) is 4.00. The molecule has 0 spiro atoms. The van der Waals surface area contributed by atoms with Crippen LogP contribution in [0.4, 0.5) is 5.69 Å². The Morgan fingerprint density at radius 2 is 1.91 bits per heavy atom. The summed E-state index contributed by atoms with van der Waals surface area (Å²) < 4.78 is 0.873. The third kappa shape index (κ3) is 3.28. The quantitative estimate of drug-likeness (QED) is 0.519. The first-order valence-corrected chi connectivity index (χ1v) is 4.23. The zero-order valence-corrected chi connectivity index (χ0v) is 8.22. The fourth-order valence-electron chi connectivity index (χ4n) is 0.525. The topological polar surface area (TPSA) is 46.2 Å². The Labute approximate surface area is 75.2 Å². The van der Waals surface area contributed by atoms with Gasteiger partial charge in [0, 0.05) is 4.47 Å². The van der Waals surface area contributed by atoms with Crippen molar-refractivity contribution in [3.8, 4) is 5.75 Å². The summed E-state index contributed by atoms with van der Waals surface area (Å²) in [7, 11) is 0. The average Bonchev–Trinajstić information content (AvgIpc) is 2.02. The van der Waals surface area contributed by atoms with E-state index in [-0.39, 0.29) is 5.75 Å². The molecule has 0 saturated heterocycles. The zero-order chi connectivity index (χ0) is 8.85. The van der Waals surface area contributed by atoms with Crippen LogP contribution >= 0.6 is 15.9 Å². The molecule has 0 bridgehead atoms. The van der Waals surface area contributed by atoms with Crippen LogP contribution in [0, 0.1) is 0 Å². The molecule has 0 aromatic heterocycles. The molecular weight excluding hydrogens is 206 g/mol. The summed E-state index contributed by atoms with van der Waals surface area (Å²) in [6.07, 6.45) is 0. The standard InChI is InChI=1S/C6H6BrNO.C2H6/c7-4-1-2-6(9)5(8)3-4;1-2/h1-3,9H,8H2;1-2H3. The number of phenolic OH excluding ortho intramolecular Hbond substituents is 1. The van der Waals surface area contributed by atoms with Crippen molar-refractivity contribution >= 4 is 21.6 Å². The normalized spacial score (nSPS) is 8.27.